The Morgan fingerprint density at radius 3 is 2.65 bits per heavy atom. The number of para-hydroxylation sites is 1. The summed E-state index contributed by atoms with van der Waals surface area (Å²) in [6, 6.07) is 8.88. The molecule has 0 radical (unpaired) electrons. The number of benzene rings is 1. The number of rotatable bonds is 6. The smallest absolute Gasteiger partial charge is 0.153 e. The van der Waals surface area contributed by atoms with E-state index in [9.17, 15) is 8.42 Å². The number of nitrogens with zero attached hydrogens (tertiary/aromatic N) is 1. The summed E-state index contributed by atoms with van der Waals surface area (Å²) in [4.78, 5) is 0. The van der Waals surface area contributed by atoms with E-state index in [0.29, 0.717) is 17.2 Å². The molecule has 0 aliphatic heterocycles. The van der Waals surface area contributed by atoms with Gasteiger partial charge in [0.15, 0.2) is 9.84 Å². The molecule has 1 aliphatic carbocycles. The number of hydrogen-bond donors (Lipinski definition) is 0. The van der Waals surface area contributed by atoms with Gasteiger partial charge in [0.1, 0.15) is 18.4 Å². The predicted octanol–water partition coefficient (Wildman–Crippen LogP) is 2.54. The fourth-order valence-corrected chi connectivity index (χ4v) is 4.14. The Labute approximate surface area is 120 Å². The quantitative estimate of drug-likeness (QED) is 0.808. The van der Waals surface area contributed by atoms with Crippen molar-refractivity contribution in [1.82, 2.24) is 0 Å². The van der Waals surface area contributed by atoms with Gasteiger partial charge in [-0.25, -0.2) is 8.42 Å². The summed E-state index contributed by atoms with van der Waals surface area (Å²) in [6.45, 7) is 0.105. The zero-order valence-electron chi connectivity index (χ0n) is 11.4. The molecule has 20 heavy (non-hydrogen) atoms. The van der Waals surface area contributed by atoms with Crippen LogP contribution in [0.2, 0.25) is 0 Å². The third-order valence-corrected chi connectivity index (χ3v) is 5.39. The monoisotopic (exact) mass is 293 g/mol. The van der Waals surface area contributed by atoms with Crippen LogP contribution >= 0.6 is 0 Å². The van der Waals surface area contributed by atoms with Crippen LogP contribution in [0.25, 0.3) is 0 Å². The van der Waals surface area contributed by atoms with E-state index in [1.54, 1.807) is 24.3 Å². The van der Waals surface area contributed by atoms with E-state index in [0.717, 1.165) is 25.7 Å². The molecular weight excluding hydrogens is 274 g/mol. The van der Waals surface area contributed by atoms with Crippen molar-refractivity contribution in [3.8, 4) is 11.8 Å². The van der Waals surface area contributed by atoms with Gasteiger partial charge in [0.05, 0.1) is 17.1 Å². The van der Waals surface area contributed by atoms with E-state index in [2.05, 4.69) is 0 Å². The molecule has 1 aromatic carbocycles. The average Bonchev–Trinajstić information content (AvgIpc) is 2.91. The molecule has 0 unspecified atom stereocenters. The van der Waals surface area contributed by atoms with E-state index in [4.69, 9.17) is 10.00 Å². The van der Waals surface area contributed by atoms with Gasteiger partial charge < -0.3 is 4.74 Å². The molecule has 1 aliphatic rings. The van der Waals surface area contributed by atoms with Gasteiger partial charge in [-0.15, -0.1) is 0 Å². The van der Waals surface area contributed by atoms with E-state index in [1.807, 2.05) is 6.07 Å². The standard InChI is InChI=1S/C15H19NO3S/c16-11-14-7-3-4-8-15(14)19-9-10-20(17,18)12-13-5-1-2-6-13/h3-4,7-8,13H,1-2,5-6,9-10,12H2. The highest BCUT2D eigenvalue weighted by Gasteiger charge is 2.22. The van der Waals surface area contributed by atoms with E-state index in [1.165, 1.54) is 0 Å². The highest BCUT2D eigenvalue weighted by molar-refractivity contribution is 7.91. The minimum atomic E-state index is -3.06. The second-order valence-corrected chi connectivity index (χ2v) is 7.45. The molecule has 1 aromatic rings. The SMILES string of the molecule is N#Cc1ccccc1OCCS(=O)(=O)CC1CCCC1. The minimum absolute atomic E-state index is 0.0171. The summed E-state index contributed by atoms with van der Waals surface area (Å²) < 4.78 is 29.4. The summed E-state index contributed by atoms with van der Waals surface area (Å²) in [7, 11) is -3.06. The highest BCUT2D eigenvalue weighted by Crippen LogP contribution is 2.26. The second kappa shape index (κ2) is 6.76. The van der Waals surface area contributed by atoms with Crippen LogP contribution in [0.4, 0.5) is 0 Å². The van der Waals surface area contributed by atoms with Crippen LogP contribution in [0, 0.1) is 17.2 Å². The van der Waals surface area contributed by atoms with Gasteiger partial charge in [-0.2, -0.15) is 5.26 Å². The van der Waals surface area contributed by atoms with E-state index in [-0.39, 0.29) is 18.1 Å². The third kappa shape index (κ3) is 4.24. The molecule has 0 bridgehead atoms. The zero-order valence-corrected chi connectivity index (χ0v) is 12.2. The van der Waals surface area contributed by atoms with E-state index >= 15 is 0 Å². The third-order valence-electron chi connectivity index (χ3n) is 3.62. The lowest BCUT2D eigenvalue weighted by Gasteiger charge is -2.11. The molecule has 0 atom stereocenters. The van der Waals surface area contributed by atoms with Gasteiger partial charge in [0.25, 0.3) is 0 Å². The normalized spacial score (nSPS) is 15.9. The van der Waals surface area contributed by atoms with Crippen LogP contribution < -0.4 is 4.74 Å². The average molecular weight is 293 g/mol. The number of ether oxygens (including phenoxy) is 1. The first kappa shape index (κ1) is 14.9. The predicted molar refractivity (Wildman–Crippen MR) is 77.3 cm³/mol. The van der Waals surface area contributed by atoms with Crippen molar-refractivity contribution in [3.05, 3.63) is 29.8 Å². The molecule has 0 aromatic heterocycles. The van der Waals surface area contributed by atoms with Gasteiger partial charge in [0, 0.05) is 0 Å². The lowest BCUT2D eigenvalue weighted by molar-refractivity contribution is 0.339. The van der Waals surface area contributed by atoms with Gasteiger partial charge >= 0.3 is 0 Å². The lowest BCUT2D eigenvalue weighted by Crippen LogP contribution is -2.21. The highest BCUT2D eigenvalue weighted by atomic mass is 32.2. The minimum Gasteiger partial charge on any atom is -0.491 e. The van der Waals surface area contributed by atoms with Gasteiger partial charge in [-0.3, -0.25) is 0 Å². The van der Waals surface area contributed by atoms with Crippen molar-refractivity contribution in [2.75, 3.05) is 18.1 Å². The Kier molecular flexibility index (Phi) is 5.02. The van der Waals surface area contributed by atoms with Crippen molar-refractivity contribution >= 4 is 9.84 Å². The summed E-state index contributed by atoms with van der Waals surface area (Å²) in [5.74, 6) is 1.07. The topological polar surface area (TPSA) is 67.2 Å². The first-order chi connectivity index (χ1) is 9.61. The molecule has 2 rings (SSSR count). The van der Waals surface area contributed by atoms with Crippen LogP contribution in [0.15, 0.2) is 24.3 Å². The summed E-state index contributed by atoms with van der Waals surface area (Å²) in [6.07, 6.45) is 4.34. The largest absolute Gasteiger partial charge is 0.491 e. The first-order valence-electron chi connectivity index (χ1n) is 6.93. The van der Waals surface area contributed by atoms with Crippen molar-refractivity contribution in [1.29, 1.82) is 5.26 Å². The number of sulfone groups is 1. The Hall–Kier alpha value is -1.54. The van der Waals surface area contributed by atoms with Crippen molar-refractivity contribution < 1.29 is 13.2 Å². The van der Waals surface area contributed by atoms with Gasteiger partial charge in [-0.1, -0.05) is 25.0 Å². The van der Waals surface area contributed by atoms with Gasteiger partial charge in [0.2, 0.25) is 0 Å². The fraction of sp³-hybridized carbons (Fsp3) is 0.533. The number of hydrogen-bond acceptors (Lipinski definition) is 4. The molecule has 0 spiro atoms. The molecule has 0 saturated heterocycles. The van der Waals surface area contributed by atoms with Crippen molar-refractivity contribution in [3.63, 3.8) is 0 Å². The molecule has 0 N–H and O–H groups in total. The maximum atomic E-state index is 12.0. The summed E-state index contributed by atoms with van der Waals surface area (Å²) in [5, 5.41) is 8.92. The molecule has 1 fully saturated rings. The fourth-order valence-electron chi connectivity index (χ4n) is 2.58. The van der Waals surface area contributed by atoms with Crippen LogP contribution in [-0.4, -0.2) is 26.5 Å². The Bertz CT molecular complexity index is 583. The first-order valence-corrected chi connectivity index (χ1v) is 8.75. The summed E-state index contributed by atoms with van der Waals surface area (Å²) >= 11 is 0. The van der Waals surface area contributed by atoms with E-state index < -0.39 is 9.84 Å². The lowest BCUT2D eigenvalue weighted by atomic mass is 10.1. The molecule has 108 valence electrons. The Morgan fingerprint density at radius 1 is 1.25 bits per heavy atom. The maximum Gasteiger partial charge on any atom is 0.153 e. The van der Waals surface area contributed by atoms with Crippen LogP contribution in [0.3, 0.4) is 0 Å². The summed E-state index contributed by atoms with van der Waals surface area (Å²) in [5.41, 5.74) is 0.431. The Balaban J connectivity index is 1.84. The Morgan fingerprint density at radius 2 is 1.95 bits per heavy atom. The van der Waals surface area contributed by atoms with Crippen molar-refractivity contribution in [2.45, 2.75) is 25.7 Å². The van der Waals surface area contributed by atoms with Crippen molar-refractivity contribution in [2.24, 2.45) is 5.92 Å². The zero-order chi connectivity index (χ0) is 14.4. The molecule has 4 nitrogen and oxygen atoms in total. The maximum absolute atomic E-state index is 12.0. The second-order valence-electron chi connectivity index (χ2n) is 5.22. The molecule has 1 saturated carbocycles. The van der Waals surface area contributed by atoms with Crippen LogP contribution in [-0.2, 0) is 9.84 Å². The molecule has 0 heterocycles. The van der Waals surface area contributed by atoms with Gasteiger partial charge in [-0.05, 0) is 30.9 Å². The molecule has 0 amide bonds. The van der Waals surface area contributed by atoms with Crippen LogP contribution in [0.1, 0.15) is 31.2 Å². The van der Waals surface area contributed by atoms with Crippen LogP contribution in [0.5, 0.6) is 5.75 Å². The molecule has 5 heteroatoms. The number of nitriles is 1. The molecular formula is C15H19NO3S.